The minimum absolute atomic E-state index is 0.00343. The van der Waals surface area contributed by atoms with Gasteiger partial charge in [-0.3, -0.25) is 10.1 Å². The number of aromatic nitrogens is 1. The molecule has 1 atom stereocenters. The SMILES string of the molecule is C[C@H](O)c1ccc(Oc2ccc(C#N)cc2[N+](=O)[O-])nc1. The van der Waals surface area contributed by atoms with Crippen molar-refractivity contribution in [1.82, 2.24) is 4.98 Å². The lowest BCUT2D eigenvalue weighted by Gasteiger charge is -2.07. The van der Waals surface area contributed by atoms with Crippen LogP contribution in [-0.2, 0) is 0 Å². The van der Waals surface area contributed by atoms with Crippen LogP contribution in [0.15, 0.2) is 36.5 Å². The van der Waals surface area contributed by atoms with Gasteiger partial charge in [0.15, 0.2) is 0 Å². The second-order valence-electron chi connectivity index (χ2n) is 4.26. The molecule has 0 saturated heterocycles. The Kier molecular flexibility index (Phi) is 4.11. The number of pyridine rings is 1. The highest BCUT2D eigenvalue weighted by Gasteiger charge is 2.17. The monoisotopic (exact) mass is 285 g/mol. The van der Waals surface area contributed by atoms with Gasteiger partial charge in [0.1, 0.15) is 0 Å². The van der Waals surface area contributed by atoms with Crippen molar-refractivity contribution in [3.63, 3.8) is 0 Å². The van der Waals surface area contributed by atoms with E-state index < -0.39 is 11.0 Å². The Hall–Kier alpha value is -2.98. The average Bonchev–Trinajstić information content (AvgIpc) is 2.48. The molecule has 0 aliphatic rings. The first-order chi connectivity index (χ1) is 10.0. The fourth-order valence-electron chi connectivity index (χ4n) is 1.63. The maximum Gasteiger partial charge on any atom is 0.312 e. The summed E-state index contributed by atoms with van der Waals surface area (Å²) in [5, 5.41) is 29.1. The van der Waals surface area contributed by atoms with E-state index in [1.54, 1.807) is 13.0 Å². The third-order valence-electron chi connectivity index (χ3n) is 2.74. The highest BCUT2D eigenvalue weighted by Crippen LogP contribution is 2.31. The second kappa shape index (κ2) is 5.98. The van der Waals surface area contributed by atoms with E-state index in [0.717, 1.165) is 6.07 Å². The Labute approximate surface area is 120 Å². The lowest BCUT2D eigenvalue weighted by Crippen LogP contribution is -1.97. The van der Waals surface area contributed by atoms with Crippen LogP contribution in [0.2, 0.25) is 0 Å². The number of nitro groups is 1. The molecule has 1 aromatic heterocycles. The van der Waals surface area contributed by atoms with Gasteiger partial charge < -0.3 is 9.84 Å². The van der Waals surface area contributed by atoms with E-state index in [1.165, 1.54) is 24.4 Å². The molecule has 106 valence electrons. The third kappa shape index (κ3) is 3.32. The summed E-state index contributed by atoms with van der Waals surface area (Å²) in [5.41, 5.74) is 0.471. The van der Waals surface area contributed by atoms with Crippen molar-refractivity contribution in [2.45, 2.75) is 13.0 Å². The topological polar surface area (TPSA) is 109 Å². The molecule has 0 fully saturated rings. The van der Waals surface area contributed by atoms with E-state index in [4.69, 9.17) is 10.00 Å². The molecule has 2 rings (SSSR count). The van der Waals surface area contributed by atoms with Crippen LogP contribution < -0.4 is 4.74 Å². The fourth-order valence-corrected chi connectivity index (χ4v) is 1.63. The molecule has 2 aromatic rings. The van der Waals surface area contributed by atoms with Crippen LogP contribution in [0.4, 0.5) is 5.69 Å². The Morgan fingerprint density at radius 1 is 1.43 bits per heavy atom. The van der Waals surface area contributed by atoms with Crippen molar-refractivity contribution in [3.8, 4) is 17.7 Å². The van der Waals surface area contributed by atoms with Gasteiger partial charge in [0.25, 0.3) is 0 Å². The molecule has 0 amide bonds. The van der Waals surface area contributed by atoms with Gasteiger partial charge in [-0.15, -0.1) is 0 Å². The number of hydrogen-bond acceptors (Lipinski definition) is 6. The number of nitriles is 1. The first-order valence-electron chi connectivity index (χ1n) is 6.01. The molecule has 1 aromatic carbocycles. The molecule has 0 unspecified atom stereocenters. The zero-order valence-electron chi connectivity index (χ0n) is 11.1. The van der Waals surface area contributed by atoms with Gasteiger partial charge in [-0.2, -0.15) is 5.26 Å². The number of aliphatic hydroxyl groups excluding tert-OH is 1. The average molecular weight is 285 g/mol. The lowest BCUT2D eigenvalue weighted by atomic mass is 10.2. The number of nitro benzene ring substituents is 1. The first kappa shape index (κ1) is 14.4. The predicted octanol–water partition coefficient (Wildman–Crippen LogP) is 2.71. The molecule has 21 heavy (non-hydrogen) atoms. The van der Waals surface area contributed by atoms with Crippen molar-refractivity contribution >= 4 is 5.69 Å². The Bertz CT molecular complexity index is 705. The number of ether oxygens (including phenoxy) is 1. The standard InChI is InChI=1S/C14H11N3O4/c1-9(18)11-3-5-14(16-8-11)21-13-4-2-10(7-15)6-12(13)17(19)20/h2-6,8-9,18H,1H3/t9-/m0/s1. The highest BCUT2D eigenvalue weighted by molar-refractivity contribution is 5.52. The summed E-state index contributed by atoms with van der Waals surface area (Å²) in [6, 6.07) is 8.86. The fraction of sp³-hybridized carbons (Fsp3) is 0.143. The van der Waals surface area contributed by atoms with E-state index in [1.807, 2.05) is 6.07 Å². The molecule has 0 aliphatic heterocycles. The molecular formula is C14H11N3O4. The number of aliphatic hydroxyl groups is 1. The van der Waals surface area contributed by atoms with E-state index >= 15 is 0 Å². The Morgan fingerprint density at radius 2 is 2.19 bits per heavy atom. The molecule has 0 spiro atoms. The van der Waals surface area contributed by atoms with Crippen molar-refractivity contribution in [2.75, 3.05) is 0 Å². The van der Waals surface area contributed by atoms with Crippen LogP contribution in [0.1, 0.15) is 24.2 Å². The molecular weight excluding hydrogens is 274 g/mol. The Balaban J connectivity index is 2.31. The van der Waals surface area contributed by atoms with Gasteiger partial charge in [0.05, 0.1) is 22.7 Å². The highest BCUT2D eigenvalue weighted by atomic mass is 16.6. The summed E-state index contributed by atoms with van der Waals surface area (Å²) in [7, 11) is 0. The summed E-state index contributed by atoms with van der Waals surface area (Å²) in [6.45, 7) is 1.60. The number of benzene rings is 1. The van der Waals surface area contributed by atoms with E-state index in [0.29, 0.717) is 5.56 Å². The minimum atomic E-state index is -0.657. The third-order valence-corrected chi connectivity index (χ3v) is 2.74. The van der Waals surface area contributed by atoms with Crippen molar-refractivity contribution < 1.29 is 14.8 Å². The quantitative estimate of drug-likeness (QED) is 0.683. The molecule has 0 radical (unpaired) electrons. The zero-order chi connectivity index (χ0) is 15.4. The number of nitrogens with zero attached hydrogens (tertiary/aromatic N) is 3. The molecule has 1 heterocycles. The molecule has 0 aliphatic carbocycles. The molecule has 1 N–H and O–H groups in total. The van der Waals surface area contributed by atoms with E-state index in [2.05, 4.69) is 4.98 Å². The van der Waals surface area contributed by atoms with Crippen LogP contribution in [0.3, 0.4) is 0 Å². The molecule has 7 heteroatoms. The van der Waals surface area contributed by atoms with Crippen LogP contribution in [-0.4, -0.2) is 15.0 Å². The summed E-state index contributed by atoms with van der Waals surface area (Å²) < 4.78 is 5.36. The van der Waals surface area contributed by atoms with Gasteiger partial charge in [-0.25, -0.2) is 4.98 Å². The van der Waals surface area contributed by atoms with Gasteiger partial charge in [0.2, 0.25) is 11.6 Å². The van der Waals surface area contributed by atoms with Crippen molar-refractivity contribution in [3.05, 3.63) is 57.8 Å². The summed E-state index contributed by atoms with van der Waals surface area (Å²) >= 11 is 0. The molecule has 0 bridgehead atoms. The van der Waals surface area contributed by atoms with Crippen LogP contribution in [0.25, 0.3) is 0 Å². The van der Waals surface area contributed by atoms with Crippen LogP contribution in [0.5, 0.6) is 11.6 Å². The summed E-state index contributed by atoms with van der Waals surface area (Å²) in [6.07, 6.45) is 0.769. The predicted molar refractivity (Wildman–Crippen MR) is 72.8 cm³/mol. The Morgan fingerprint density at radius 3 is 2.71 bits per heavy atom. The summed E-state index contributed by atoms with van der Waals surface area (Å²) in [5.74, 6) is 0.156. The van der Waals surface area contributed by atoms with Gasteiger partial charge in [0, 0.05) is 18.3 Å². The van der Waals surface area contributed by atoms with Crippen LogP contribution in [0, 0.1) is 21.4 Å². The number of rotatable bonds is 4. The lowest BCUT2D eigenvalue weighted by molar-refractivity contribution is -0.385. The smallest absolute Gasteiger partial charge is 0.312 e. The first-order valence-corrected chi connectivity index (χ1v) is 6.01. The van der Waals surface area contributed by atoms with Gasteiger partial charge in [-0.05, 0) is 30.7 Å². The molecule has 0 saturated carbocycles. The van der Waals surface area contributed by atoms with Crippen LogP contribution >= 0.6 is 0 Å². The van der Waals surface area contributed by atoms with E-state index in [9.17, 15) is 15.2 Å². The zero-order valence-corrected chi connectivity index (χ0v) is 11.1. The van der Waals surface area contributed by atoms with Crippen molar-refractivity contribution in [1.29, 1.82) is 5.26 Å². The van der Waals surface area contributed by atoms with Crippen molar-refractivity contribution in [2.24, 2.45) is 0 Å². The van der Waals surface area contributed by atoms with Gasteiger partial charge >= 0.3 is 5.69 Å². The maximum atomic E-state index is 11.0. The largest absolute Gasteiger partial charge is 0.432 e. The second-order valence-corrected chi connectivity index (χ2v) is 4.26. The number of hydrogen-bond donors (Lipinski definition) is 1. The molecule has 7 nitrogen and oxygen atoms in total. The minimum Gasteiger partial charge on any atom is -0.432 e. The normalized spacial score (nSPS) is 11.5. The summed E-state index contributed by atoms with van der Waals surface area (Å²) in [4.78, 5) is 14.3. The van der Waals surface area contributed by atoms with Gasteiger partial charge in [-0.1, -0.05) is 0 Å². The maximum absolute atomic E-state index is 11.0. The van der Waals surface area contributed by atoms with E-state index in [-0.39, 0.29) is 22.9 Å².